The van der Waals surface area contributed by atoms with Crippen LogP contribution in [0.5, 0.6) is 0 Å². The number of rotatable bonds is 1. The Labute approximate surface area is 98.5 Å². The Morgan fingerprint density at radius 2 is 2.24 bits per heavy atom. The van der Waals surface area contributed by atoms with Gasteiger partial charge in [0.1, 0.15) is 5.82 Å². The first-order valence-electron chi connectivity index (χ1n) is 5.67. The zero-order chi connectivity index (χ0) is 11.8. The minimum Gasteiger partial charge on any atom is -0.354 e. The summed E-state index contributed by atoms with van der Waals surface area (Å²) in [6.07, 6.45) is 0. The first kappa shape index (κ1) is 10.3. The van der Waals surface area contributed by atoms with Crippen molar-refractivity contribution in [3.05, 3.63) is 30.1 Å². The molecule has 0 aliphatic carbocycles. The molecule has 1 unspecified atom stereocenters. The predicted octanol–water partition coefficient (Wildman–Crippen LogP) is 2.15. The van der Waals surface area contributed by atoms with Crippen molar-refractivity contribution in [1.29, 1.82) is 0 Å². The number of hydrogen-bond donors (Lipinski definition) is 1. The van der Waals surface area contributed by atoms with Gasteiger partial charge < -0.3 is 5.32 Å². The second-order valence-corrected chi connectivity index (χ2v) is 4.41. The van der Waals surface area contributed by atoms with Gasteiger partial charge in [-0.25, -0.2) is 9.07 Å². The van der Waals surface area contributed by atoms with Gasteiger partial charge >= 0.3 is 0 Å². The Hall–Kier alpha value is -1.91. The Balaban J connectivity index is 2.03. The van der Waals surface area contributed by atoms with Gasteiger partial charge in [-0.15, -0.1) is 5.10 Å². The van der Waals surface area contributed by atoms with E-state index in [2.05, 4.69) is 22.3 Å². The zero-order valence-corrected chi connectivity index (χ0v) is 9.52. The van der Waals surface area contributed by atoms with Gasteiger partial charge in [-0.1, -0.05) is 19.1 Å². The molecule has 1 aliphatic rings. The van der Waals surface area contributed by atoms with Crippen molar-refractivity contribution in [1.82, 2.24) is 14.8 Å². The smallest absolute Gasteiger partial charge is 0.221 e. The lowest BCUT2D eigenvalue weighted by atomic mass is 10.1. The maximum atomic E-state index is 13.6. The van der Waals surface area contributed by atoms with Crippen molar-refractivity contribution in [2.75, 3.05) is 11.9 Å². The maximum absolute atomic E-state index is 13.6. The monoisotopic (exact) mass is 232 g/mol. The van der Waals surface area contributed by atoms with E-state index in [1.807, 2.05) is 0 Å². The number of nitrogens with zero attached hydrogens (tertiary/aromatic N) is 3. The lowest BCUT2D eigenvalue weighted by Crippen LogP contribution is -2.25. The average molecular weight is 232 g/mol. The highest BCUT2D eigenvalue weighted by atomic mass is 19.1. The average Bonchev–Trinajstić information content (AvgIpc) is 2.72. The van der Waals surface area contributed by atoms with Crippen LogP contribution in [0, 0.1) is 11.7 Å². The summed E-state index contributed by atoms with van der Waals surface area (Å²) in [5, 5.41) is 7.52. The fraction of sp³-hybridized carbons (Fsp3) is 0.333. The fourth-order valence-corrected chi connectivity index (χ4v) is 1.98. The molecular weight excluding hydrogens is 219 g/mol. The normalized spacial score (nSPS) is 18.6. The van der Waals surface area contributed by atoms with Crippen molar-refractivity contribution in [2.45, 2.75) is 13.5 Å². The molecule has 0 saturated carbocycles. The number of anilines is 1. The second-order valence-electron chi connectivity index (χ2n) is 4.41. The summed E-state index contributed by atoms with van der Waals surface area (Å²) in [4.78, 5) is 4.32. The van der Waals surface area contributed by atoms with Gasteiger partial charge in [0.2, 0.25) is 5.95 Å². The molecule has 2 heterocycles. The SMILES string of the molecule is CC1CNc2nc(-c3ccccc3F)nn2C1. The summed E-state index contributed by atoms with van der Waals surface area (Å²) < 4.78 is 15.4. The lowest BCUT2D eigenvalue weighted by molar-refractivity contribution is 0.444. The number of fused-ring (bicyclic) bond motifs is 1. The number of aromatic nitrogens is 3. The van der Waals surface area contributed by atoms with Crippen LogP contribution < -0.4 is 5.32 Å². The van der Waals surface area contributed by atoms with Crippen LogP contribution in [0.4, 0.5) is 10.3 Å². The van der Waals surface area contributed by atoms with E-state index in [-0.39, 0.29) is 5.82 Å². The van der Waals surface area contributed by atoms with Crippen molar-refractivity contribution in [3.8, 4) is 11.4 Å². The van der Waals surface area contributed by atoms with E-state index in [4.69, 9.17) is 0 Å². The highest BCUT2D eigenvalue weighted by Gasteiger charge is 2.19. The van der Waals surface area contributed by atoms with E-state index in [1.165, 1.54) is 6.07 Å². The Kier molecular flexibility index (Phi) is 2.31. The van der Waals surface area contributed by atoms with Gasteiger partial charge in [0, 0.05) is 13.1 Å². The van der Waals surface area contributed by atoms with Crippen LogP contribution in [0.2, 0.25) is 0 Å². The summed E-state index contributed by atoms with van der Waals surface area (Å²) in [6.45, 7) is 3.85. The first-order chi connectivity index (χ1) is 8.24. The Bertz CT molecular complexity index is 549. The molecule has 2 aromatic rings. The molecule has 4 nitrogen and oxygen atoms in total. The third-order valence-corrected chi connectivity index (χ3v) is 2.88. The van der Waals surface area contributed by atoms with Gasteiger partial charge in [0.05, 0.1) is 5.56 Å². The molecule has 5 heteroatoms. The van der Waals surface area contributed by atoms with E-state index in [0.29, 0.717) is 17.3 Å². The third-order valence-electron chi connectivity index (χ3n) is 2.88. The van der Waals surface area contributed by atoms with Gasteiger partial charge in [-0.3, -0.25) is 0 Å². The molecule has 0 spiro atoms. The minimum absolute atomic E-state index is 0.288. The fourth-order valence-electron chi connectivity index (χ4n) is 1.98. The van der Waals surface area contributed by atoms with E-state index >= 15 is 0 Å². The van der Waals surface area contributed by atoms with Crippen molar-refractivity contribution in [2.24, 2.45) is 5.92 Å². The van der Waals surface area contributed by atoms with Gasteiger partial charge in [0.25, 0.3) is 0 Å². The largest absolute Gasteiger partial charge is 0.354 e. The van der Waals surface area contributed by atoms with Crippen LogP contribution in [0.15, 0.2) is 24.3 Å². The molecule has 88 valence electrons. The van der Waals surface area contributed by atoms with E-state index in [0.717, 1.165) is 19.0 Å². The Morgan fingerprint density at radius 1 is 1.41 bits per heavy atom. The van der Waals surface area contributed by atoms with Crippen LogP contribution in [0.25, 0.3) is 11.4 Å². The molecule has 1 atom stereocenters. The van der Waals surface area contributed by atoms with Crippen LogP contribution in [0.3, 0.4) is 0 Å². The van der Waals surface area contributed by atoms with Crippen LogP contribution >= 0.6 is 0 Å². The van der Waals surface area contributed by atoms with Crippen LogP contribution in [0.1, 0.15) is 6.92 Å². The van der Waals surface area contributed by atoms with Gasteiger partial charge in [0.15, 0.2) is 5.82 Å². The van der Waals surface area contributed by atoms with E-state index in [1.54, 1.807) is 22.9 Å². The molecule has 17 heavy (non-hydrogen) atoms. The first-order valence-corrected chi connectivity index (χ1v) is 5.67. The molecule has 1 aromatic heterocycles. The van der Waals surface area contributed by atoms with Crippen molar-refractivity contribution in [3.63, 3.8) is 0 Å². The molecule has 1 aliphatic heterocycles. The minimum atomic E-state index is -0.288. The number of halogens is 1. The van der Waals surface area contributed by atoms with Gasteiger partial charge in [-0.2, -0.15) is 4.98 Å². The number of benzene rings is 1. The van der Waals surface area contributed by atoms with Crippen molar-refractivity contribution < 1.29 is 4.39 Å². The highest BCUT2D eigenvalue weighted by Crippen LogP contribution is 2.23. The maximum Gasteiger partial charge on any atom is 0.221 e. The predicted molar refractivity (Wildman–Crippen MR) is 63.1 cm³/mol. The van der Waals surface area contributed by atoms with Crippen LogP contribution in [-0.2, 0) is 6.54 Å². The molecule has 0 radical (unpaired) electrons. The quantitative estimate of drug-likeness (QED) is 0.819. The molecule has 0 fully saturated rings. The summed E-state index contributed by atoms with van der Waals surface area (Å²) in [7, 11) is 0. The summed E-state index contributed by atoms with van der Waals surface area (Å²) in [6, 6.07) is 6.56. The molecular formula is C12H13FN4. The highest BCUT2D eigenvalue weighted by molar-refractivity contribution is 5.57. The van der Waals surface area contributed by atoms with E-state index < -0.39 is 0 Å². The van der Waals surface area contributed by atoms with Gasteiger partial charge in [-0.05, 0) is 18.1 Å². The molecule has 0 bridgehead atoms. The molecule has 1 N–H and O–H groups in total. The second kappa shape index (κ2) is 3.84. The summed E-state index contributed by atoms with van der Waals surface area (Å²) in [5.41, 5.74) is 0.448. The van der Waals surface area contributed by atoms with Crippen molar-refractivity contribution >= 4 is 5.95 Å². The topological polar surface area (TPSA) is 42.7 Å². The Morgan fingerprint density at radius 3 is 3.06 bits per heavy atom. The summed E-state index contributed by atoms with van der Waals surface area (Å²) in [5.74, 6) is 1.39. The van der Waals surface area contributed by atoms with E-state index in [9.17, 15) is 4.39 Å². The lowest BCUT2D eigenvalue weighted by Gasteiger charge is -2.19. The number of nitrogens with one attached hydrogen (secondary N) is 1. The third kappa shape index (κ3) is 1.77. The molecule has 0 saturated heterocycles. The number of hydrogen-bond acceptors (Lipinski definition) is 3. The zero-order valence-electron chi connectivity index (χ0n) is 9.52. The molecule has 0 amide bonds. The molecule has 3 rings (SSSR count). The van der Waals surface area contributed by atoms with Crippen LogP contribution in [-0.4, -0.2) is 21.3 Å². The molecule has 1 aromatic carbocycles. The standard InChI is InChI=1S/C12H13FN4/c1-8-6-14-12-15-11(16-17(12)7-8)9-4-2-3-5-10(9)13/h2-5,8H,6-7H2,1H3,(H,14,15,16). The summed E-state index contributed by atoms with van der Waals surface area (Å²) >= 11 is 0.